The van der Waals surface area contributed by atoms with Gasteiger partial charge in [-0.25, -0.2) is 12.8 Å². The molecule has 0 unspecified atom stereocenters. The molecule has 1 heterocycles. The van der Waals surface area contributed by atoms with Crippen molar-refractivity contribution in [2.24, 2.45) is 0 Å². The highest BCUT2D eigenvalue weighted by atomic mass is 32.2. The molecule has 2 N–H and O–H groups in total. The number of anilines is 1. The van der Waals surface area contributed by atoms with Gasteiger partial charge in [-0.05, 0) is 25.5 Å². The number of nitrogens with zero attached hydrogens (tertiary/aromatic N) is 1. The first-order chi connectivity index (χ1) is 8.43. The van der Waals surface area contributed by atoms with E-state index >= 15 is 0 Å². The molecular weight excluding hydrogens is 255 g/mol. The maximum Gasteiger partial charge on any atom is 0.243 e. The Bertz CT molecular complexity index is 596. The molecule has 1 aromatic rings. The fraction of sp³-hybridized carbons (Fsp3) is 0.333. The summed E-state index contributed by atoms with van der Waals surface area (Å²) in [6.07, 6.45) is 4.39. The van der Waals surface area contributed by atoms with Crippen molar-refractivity contribution < 1.29 is 12.8 Å². The Morgan fingerprint density at radius 2 is 2.06 bits per heavy atom. The van der Waals surface area contributed by atoms with E-state index in [-0.39, 0.29) is 16.1 Å². The van der Waals surface area contributed by atoms with Crippen LogP contribution in [0.5, 0.6) is 0 Å². The minimum absolute atomic E-state index is 0.0460. The van der Waals surface area contributed by atoms with Crippen molar-refractivity contribution in [2.45, 2.75) is 18.2 Å². The lowest BCUT2D eigenvalue weighted by Crippen LogP contribution is -2.34. The topological polar surface area (TPSA) is 63.4 Å². The minimum Gasteiger partial charge on any atom is -0.399 e. The highest BCUT2D eigenvalue weighted by Gasteiger charge is 2.27. The van der Waals surface area contributed by atoms with Crippen molar-refractivity contribution in [3.05, 3.63) is 35.7 Å². The summed E-state index contributed by atoms with van der Waals surface area (Å²) in [4.78, 5) is -0.0460. The second kappa shape index (κ2) is 4.70. The lowest BCUT2D eigenvalue weighted by molar-refractivity contribution is 0.436. The van der Waals surface area contributed by atoms with Gasteiger partial charge in [0.05, 0.1) is 4.90 Å². The van der Waals surface area contributed by atoms with E-state index in [0.29, 0.717) is 19.5 Å². The Hall–Kier alpha value is -1.40. The van der Waals surface area contributed by atoms with Gasteiger partial charge in [0.1, 0.15) is 5.82 Å². The van der Waals surface area contributed by atoms with Crippen molar-refractivity contribution in [1.29, 1.82) is 0 Å². The summed E-state index contributed by atoms with van der Waals surface area (Å²) >= 11 is 0. The molecule has 0 bridgehead atoms. The first-order valence-electron chi connectivity index (χ1n) is 5.63. The molecular formula is C12H15FN2O2S. The second-order valence-corrected chi connectivity index (χ2v) is 6.16. The predicted octanol–water partition coefficient (Wildman–Crippen LogP) is 1.67. The third-order valence-electron chi connectivity index (χ3n) is 2.96. The lowest BCUT2D eigenvalue weighted by atomic mass is 10.2. The fourth-order valence-electron chi connectivity index (χ4n) is 1.92. The third-order valence-corrected chi connectivity index (χ3v) is 4.95. The highest BCUT2D eigenvalue weighted by Crippen LogP contribution is 2.25. The molecule has 2 rings (SSSR count). The van der Waals surface area contributed by atoms with Gasteiger partial charge in [-0.15, -0.1) is 0 Å². The predicted molar refractivity (Wildman–Crippen MR) is 68.1 cm³/mol. The number of rotatable bonds is 2. The van der Waals surface area contributed by atoms with Gasteiger partial charge >= 0.3 is 0 Å². The van der Waals surface area contributed by atoms with E-state index in [1.54, 1.807) is 6.08 Å². The fourth-order valence-corrected chi connectivity index (χ4v) is 3.59. The highest BCUT2D eigenvalue weighted by molar-refractivity contribution is 7.89. The Kier molecular flexibility index (Phi) is 3.41. The van der Waals surface area contributed by atoms with Crippen LogP contribution in [0, 0.1) is 12.7 Å². The zero-order valence-electron chi connectivity index (χ0n) is 10.1. The molecule has 98 valence electrons. The van der Waals surface area contributed by atoms with Crippen molar-refractivity contribution in [3.8, 4) is 0 Å². The van der Waals surface area contributed by atoms with Crippen molar-refractivity contribution in [3.63, 3.8) is 0 Å². The maximum atomic E-state index is 13.6. The monoisotopic (exact) mass is 270 g/mol. The summed E-state index contributed by atoms with van der Waals surface area (Å²) in [6.45, 7) is 2.17. The van der Waals surface area contributed by atoms with E-state index in [0.717, 1.165) is 6.07 Å². The number of nitrogens with two attached hydrogens (primary N) is 1. The van der Waals surface area contributed by atoms with Gasteiger partial charge in [0, 0.05) is 24.3 Å². The maximum absolute atomic E-state index is 13.6. The molecule has 0 amide bonds. The van der Waals surface area contributed by atoms with Gasteiger partial charge in [0.15, 0.2) is 0 Å². The number of hydrogen-bond acceptors (Lipinski definition) is 3. The van der Waals surface area contributed by atoms with E-state index in [4.69, 9.17) is 5.73 Å². The van der Waals surface area contributed by atoms with Crippen LogP contribution < -0.4 is 5.73 Å². The number of nitrogen functional groups attached to an aromatic ring is 1. The summed E-state index contributed by atoms with van der Waals surface area (Å²) < 4.78 is 39.7. The Labute approximate surface area is 106 Å². The first kappa shape index (κ1) is 13.0. The van der Waals surface area contributed by atoms with Gasteiger partial charge in [-0.2, -0.15) is 4.31 Å². The van der Waals surface area contributed by atoms with E-state index in [2.05, 4.69) is 0 Å². The van der Waals surface area contributed by atoms with Gasteiger partial charge in [0.25, 0.3) is 0 Å². The SMILES string of the molecule is Cc1c(F)cc(N)cc1S(=O)(=O)N1CC=CCC1. The molecule has 0 atom stereocenters. The standard InChI is InChI=1S/C12H15FN2O2S/c1-9-11(13)7-10(14)8-12(9)18(16,17)15-5-3-2-4-6-15/h2-3,7-8H,4-6,14H2,1H3. The Balaban J connectivity index is 2.50. The van der Waals surface area contributed by atoms with Crippen molar-refractivity contribution in [2.75, 3.05) is 18.8 Å². The van der Waals surface area contributed by atoms with E-state index in [1.165, 1.54) is 17.3 Å². The van der Waals surface area contributed by atoms with E-state index in [1.807, 2.05) is 6.08 Å². The van der Waals surface area contributed by atoms with Gasteiger partial charge in [0.2, 0.25) is 10.0 Å². The summed E-state index contributed by atoms with van der Waals surface area (Å²) in [5, 5.41) is 0. The molecule has 18 heavy (non-hydrogen) atoms. The van der Waals surface area contributed by atoms with Crippen LogP contribution in [-0.2, 0) is 10.0 Å². The quantitative estimate of drug-likeness (QED) is 0.656. The largest absolute Gasteiger partial charge is 0.399 e. The summed E-state index contributed by atoms with van der Waals surface area (Å²) in [7, 11) is -3.68. The van der Waals surface area contributed by atoms with Crippen molar-refractivity contribution >= 4 is 15.7 Å². The molecule has 0 saturated carbocycles. The number of benzene rings is 1. The summed E-state index contributed by atoms with van der Waals surface area (Å²) in [5.74, 6) is -0.596. The number of sulfonamides is 1. The van der Waals surface area contributed by atoms with Crippen LogP contribution >= 0.6 is 0 Å². The van der Waals surface area contributed by atoms with Gasteiger partial charge in [-0.1, -0.05) is 12.2 Å². The molecule has 1 aliphatic heterocycles. The van der Waals surface area contributed by atoms with Crippen LogP contribution in [0.15, 0.2) is 29.2 Å². The number of halogens is 1. The zero-order valence-corrected chi connectivity index (χ0v) is 10.9. The van der Waals surface area contributed by atoms with Crippen molar-refractivity contribution in [1.82, 2.24) is 4.31 Å². The summed E-state index contributed by atoms with van der Waals surface area (Å²) in [6, 6.07) is 2.44. The van der Waals surface area contributed by atoms with Crippen LogP contribution in [0.25, 0.3) is 0 Å². The normalized spacial score (nSPS) is 17.0. The van der Waals surface area contributed by atoms with E-state index in [9.17, 15) is 12.8 Å². The number of hydrogen-bond donors (Lipinski definition) is 1. The second-order valence-electron chi connectivity index (χ2n) is 4.25. The lowest BCUT2D eigenvalue weighted by Gasteiger charge is -2.23. The third kappa shape index (κ3) is 2.26. The average Bonchev–Trinajstić information content (AvgIpc) is 2.34. The average molecular weight is 270 g/mol. The van der Waals surface area contributed by atoms with Gasteiger partial charge in [-0.3, -0.25) is 0 Å². The van der Waals surface area contributed by atoms with E-state index < -0.39 is 15.8 Å². The van der Waals surface area contributed by atoms with Crippen LogP contribution in [0.4, 0.5) is 10.1 Å². The molecule has 1 aromatic carbocycles. The molecule has 6 heteroatoms. The van der Waals surface area contributed by atoms with Gasteiger partial charge < -0.3 is 5.73 Å². The molecule has 0 radical (unpaired) electrons. The molecule has 0 aliphatic carbocycles. The molecule has 0 saturated heterocycles. The van der Waals surface area contributed by atoms with Crippen LogP contribution in [0.2, 0.25) is 0 Å². The first-order valence-corrected chi connectivity index (χ1v) is 7.07. The zero-order chi connectivity index (χ0) is 13.3. The summed E-state index contributed by atoms with van der Waals surface area (Å²) in [5.41, 5.74) is 5.74. The molecule has 0 spiro atoms. The Morgan fingerprint density at radius 1 is 1.33 bits per heavy atom. The molecule has 1 aliphatic rings. The molecule has 4 nitrogen and oxygen atoms in total. The van der Waals surface area contributed by atoms with Crippen LogP contribution in [-0.4, -0.2) is 25.8 Å². The van der Waals surface area contributed by atoms with Crippen LogP contribution in [0.3, 0.4) is 0 Å². The molecule has 0 fully saturated rings. The minimum atomic E-state index is -3.68. The molecule has 0 aromatic heterocycles. The Morgan fingerprint density at radius 3 is 2.67 bits per heavy atom. The smallest absolute Gasteiger partial charge is 0.243 e. The van der Waals surface area contributed by atoms with Crippen LogP contribution in [0.1, 0.15) is 12.0 Å².